The summed E-state index contributed by atoms with van der Waals surface area (Å²) in [6.07, 6.45) is 2.76. The summed E-state index contributed by atoms with van der Waals surface area (Å²) >= 11 is 0. The van der Waals surface area contributed by atoms with Crippen molar-refractivity contribution in [1.82, 2.24) is 15.3 Å². The Bertz CT molecular complexity index is 352. The average Bonchev–Trinajstić information content (AvgIpc) is 2.21. The number of nitrogens with one attached hydrogen (secondary N) is 1. The molecule has 5 heteroatoms. The molecule has 0 saturated carbocycles. The lowest BCUT2D eigenvalue weighted by molar-refractivity contribution is 0.136. The van der Waals surface area contributed by atoms with E-state index in [2.05, 4.69) is 10.4 Å². The van der Waals surface area contributed by atoms with Gasteiger partial charge in [-0.15, -0.1) is 0 Å². The summed E-state index contributed by atoms with van der Waals surface area (Å²) in [7, 11) is 3.87. The zero-order valence-corrected chi connectivity index (χ0v) is 10.2. The van der Waals surface area contributed by atoms with Crippen LogP contribution in [0.5, 0.6) is 0 Å². The third kappa shape index (κ3) is 2.37. The van der Waals surface area contributed by atoms with E-state index in [9.17, 15) is 4.39 Å². The Morgan fingerprint density at radius 2 is 2.12 bits per heavy atom. The van der Waals surface area contributed by atoms with Crippen LogP contribution >= 0.6 is 0 Å². The average molecular weight is 226 g/mol. The summed E-state index contributed by atoms with van der Waals surface area (Å²) in [4.78, 5) is 5.73. The highest BCUT2D eigenvalue weighted by Gasteiger charge is 2.33. The molecule has 1 unspecified atom stereocenters. The van der Waals surface area contributed by atoms with Crippen LogP contribution in [0, 0.1) is 5.82 Å². The van der Waals surface area contributed by atoms with Crippen molar-refractivity contribution in [3.8, 4) is 0 Å². The minimum absolute atomic E-state index is 0.300. The maximum Gasteiger partial charge on any atom is 0.146 e. The van der Waals surface area contributed by atoms with Crippen molar-refractivity contribution >= 4 is 0 Å². The van der Waals surface area contributed by atoms with Gasteiger partial charge < -0.3 is 4.90 Å². The van der Waals surface area contributed by atoms with Gasteiger partial charge in [0.25, 0.3) is 0 Å². The van der Waals surface area contributed by atoms with Crippen LogP contribution in [-0.4, -0.2) is 29.5 Å². The van der Waals surface area contributed by atoms with Crippen LogP contribution in [0.1, 0.15) is 25.5 Å². The molecule has 0 aromatic carbocycles. The topological polar surface area (TPSA) is 54.2 Å². The van der Waals surface area contributed by atoms with Crippen molar-refractivity contribution in [3.63, 3.8) is 0 Å². The summed E-state index contributed by atoms with van der Waals surface area (Å²) in [5.41, 5.74) is 2.89. The number of likely N-dealkylation sites (N-methyl/N-ethyl adjacent to an activating group) is 1. The van der Waals surface area contributed by atoms with Crippen molar-refractivity contribution in [1.29, 1.82) is 0 Å². The standard InChI is InChI=1S/C11H19FN4/c1-11(2,16(3)4)10(15-13)8-5-6-14-7-9(8)12/h5-7,10,15H,13H2,1-4H3. The molecule has 0 saturated heterocycles. The van der Waals surface area contributed by atoms with Crippen molar-refractivity contribution in [2.24, 2.45) is 5.84 Å². The third-order valence-corrected chi connectivity index (χ3v) is 3.14. The Morgan fingerprint density at radius 1 is 1.50 bits per heavy atom. The summed E-state index contributed by atoms with van der Waals surface area (Å²) in [5, 5.41) is 0. The molecular weight excluding hydrogens is 207 g/mol. The van der Waals surface area contributed by atoms with Crippen LogP contribution in [-0.2, 0) is 0 Å². The summed E-state index contributed by atoms with van der Waals surface area (Å²) in [6.45, 7) is 3.99. The third-order valence-electron chi connectivity index (χ3n) is 3.14. The lowest BCUT2D eigenvalue weighted by Crippen LogP contribution is -2.51. The Kier molecular flexibility index (Phi) is 3.96. The molecule has 1 atom stereocenters. The van der Waals surface area contributed by atoms with E-state index in [0.29, 0.717) is 5.56 Å². The van der Waals surface area contributed by atoms with Gasteiger partial charge in [0.2, 0.25) is 0 Å². The lowest BCUT2D eigenvalue weighted by Gasteiger charge is -2.40. The van der Waals surface area contributed by atoms with E-state index in [1.54, 1.807) is 12.3 Å². The quantitative estimate of drug-likeness (QED) is 0.595. The first-order valence-corrected chi connectivity index (χ1v) is 5.14. The number of pyridine rings is 1. The molecule has 1 aromatic rings. The molecule has 0 aliphatic heterocycles. The minimum Gasteiger partial charge on any atom is -0.302 e. The van der Waals surface area contributed by atoms with Gasteiger partial charge in [0, 0.05) is 17.3 Å². The molecule has 1 aromatic heterocycles. The van der Waals surface area contributed by atoms with Crippen molar-refractivity contribution in [3.05, 3.63) is 29.8 Å². The van der Waals surface area contributed by atoms with Gasteiger partial charge in [0.15, 0.2) is 0 Å². The van der Waals surface area contributed by atoms with Gasteiger partial charge in [-0.1, -0.05) is 0 Å². The first-order valence-electron chi connectivity index (χ1n) is 5.14. The maximum atomic E-state index is 13.6. The van der Waals surface area contributed by atoms with Gasteiger partial charge in [0.05, 0.1) is 12.2 Å². The highest BCUT2D eigenvalue weighted by Crippen LogP contribution is 2.29. The van der Waals surface area contributed by atoms with Crippen LogP contribution in [0.3, 0.4) is 0 Å². The minimum atomic E-state index is -0.347. The molecular formula is C11H19FN4. The Hall–Kier alpha value is -1.04. The number of hydrogen-bond donors (Lipinski definition) is 2. The summed E-state index contributed by atoms with van der Waals surface area (Å²) in [5.74, 6) is 5.19. The molecule has 0 spiro atoms. The Balaban J connectivity index is 3.13. The van der Waals surface area contributed by atoms with Gasteiger partial charge in [-0.2, -0.15) is 0 Å². The first kappa shape index (κ1) is 13.0. The van der Waals surface area contributed by atoms with E-state index in [1.165, 1.54) is 6.20 Å². The molecule has 16 heavy (non-hydrogen) atoms. The highest BCUT2D eigenvalue weighted by atomic mass is 19.1. The fourth-order valence-corrected chi connectivity index (χ4v) is 1.55. The summed E-state index contributed by atoms with van der Waals surface area (Å²) < 4.78 is 13.6. The zero-order chi connectivity index (χ0) is 12.3. The molecule has 0 aliphatic carbocycles. The van der Waals surface area contributed by atoms with E-state index in [4.69, 9.17) is 5.84 Å². The molecule has 3 N–H and O–H groups in total. The summed E-state index contributed by atoms with van der Waals surface area (Å²) in [6, 6.07) is 1.34. The van der Waals surface area contributed by atoms with E-state index < -0.39 is 0 Å². The number of nitrogens with zero attached hydrogens (tertiary/aromatic N) is 2. The van der Waals surface area contributed by atoms with Gasteiger partial charge in [-0.3, -0.25) is 16.3 Å². The molecule has 1 heterocycles. The maximum absolute atomic E-state index is 13.6. The van der Waals surface area contributed by atoms with Crippen molar-refractivity contribution in [2.75, 3.05) is 14.1 Å². The van der Waals surface area contributed by atoms with Crippen LogP contribution < -0.4 is 11.3 Å². The van der Waals surface area contributed by atoms with E-state index in [0.717, 1.165) is 0 Å². The van der Waals surface area contributed by atoms with E-state index in [-0.39, 0.29) is 17.4 Å². The largest absolute Gasteiger partial charge is 0.302 e. The molecule has 0 bridgehead atoms. The van der Waals surface area contributed by atoms with Gasteiger partial charge in [-0.25, -0.2) is 4.39 Å². The van der Waals surface area contributed by atoms with Crippen molar-refractivity contribution < 1.29 is 4.39 Å². The fourth-order valence-electron chi connectivity index (χ4n) is 1.55. The first-order chi connectivity index (χ1) is 7.41. The number of rotatable bonds is 4. The highest BCUT2D eigenvalue weighted by molar-refractivity contribution is 5.21. The van der Waals surface area contributed by atoms with Gasteiger partial charge in [-0.05, 0) is 34.0 Å². The SMILES string of the molecule is CN(C)C(C)(C)C(NN)c1ccncc1F. The molecule has 90 valence electrons. The number of aromatic nitrogens is 1. The molecule has 0 radical (unpaired) electrons. The number of hydrogen-bond acceptors (Lipinski definition) is 4. The second-order valence-electron chi connectivity index (χ2n) is 4.54. The predicted molar refractivity (Wildman–Crippen MR) is 62.0 cm³/mol. The second kappa shape index (κ2) is 4.86. The van der Waals surface area contributed by atoms with Crippen LogP contribution in [0.2, 0.25) is 0 Å². The smallest absolute Gasteiger partial charge is 0.146 e. The Labute approximate surface area is 95.6 Å². The number of halogens is 1. The second-order valence-corrected chi connectivity index (χ2v) is 4.54. The molecule has 0 amide bonds. The molecule has 4 nitrogen and oxygen atoms in total. The normalized spacial score (nSPS) is 14.2. The van der Waals surface area contributed by atoms with Crippen LogP contribution in [0.25, 0.3) is 0 Å². The predicted octanol–water partition coefficient (Wildman–Crippen LogP) is 1.07. The molecule has 0 aliphatic rings. The van der Waals surface area contributed by atoms with Gasteiger partial charge in [0.1, 0.15) is 5.82 Å². The van der Waals surface area contributed by atoms with E-state index in [1.807, 2.05) is 32.8 Å². The molecule has 1 rings (SSSR count). The van der Waals surface area contributed by atoms with Crippen LogP contribution in [0.15, 0.2) is 18.5 Å². The lowest BCUT2D eigenvalue weighted by atomic mass is 9.88. The van der Waals surface area contributed by atoms with Gasteiger partial charge >= 0.3 is 0 Å². The fraction of sp³-hybridized carbons (Fsp3) is 0.545. The van der Waals surface area contributed by atoms with Crippen molar-refractivity contribution in [2.45, 2.75) is 25.4 Å². The van der Waals surface area contributed by atoms with Crippen LogP contribution in [0.4, 0.5) is 4.39 Å². The molecule has 0 fully saturated rings. The monoisotopic (exact) mass is 226 g/mol. The Morgan fingerprint density at radius 3 is 2.56 bits per heavy atom. The zero-order valence-electron chi connectivity index (χ0n) is 10.2. The number of nitrogens with two attached hydrogens (primary N) is 1. The van der Waals surface area contributed by atoms with E-state index >= 15 is 0 Å². The number of hydrazine groups is 1.